The fraction of sp³-hybridized carbons (Fsp3) is 0.375. The van der Waals surface area contributed by atoms with E-state index in [4.69, 9.17) is 4.74 Å². The number of halogens is 1. The van der Waals surface area contributed by atoms with Gasteiger partial charge in [-0.15, -0.1) is 0 Å². The molecule has 0 bridgehead atoms. The zero-order chi connectivity index (χ0) is 8.55. The second kappa shape index (κ2) is 2.94. The molecule has 1 aliphatic heterocycles. The van der Waals surface area contributed by atoms with Crippen LogP contribution in [0.25, 0.3) is 0 Å². The van der Waals surface area contributed by atoms with Crippen LogP contribution in [-0.2, 0) is 6.42 Å². The Morgan fingerprint density at radius 1 is 1.67 bits per heavy atom. The number of nitrogens with zero attached hydrogens (tertiary/aromatic N) is 1. The molecule has 0 aliphatic carbocycles. The summed E-state index contributed by atoms with van der Waals surface area (Å²) in [4.78, 5) is 4.34. The second-order valence-electron chi connectivity index (χ2n) is 2.65. The summed E-state index contributed by atoms with van der Waals surface area (Å²) in [5.74, 6) is 0.664. The fourth-order valence-electron chi connectivity index (χ4n) is 1.31. The standard InChI is InChI=1S/C8H9BrN2O/c1-12-8-5(9)4-7-6(11-8)2-3-10-7/h4,10H,2-3H2,1H3. The van der Waals surface area contributed by atoms with Gasteiger partial charge >= 0.3 is 0 Å². The quantitative estimate of drug-likeness (QED) is 0.797. The molecule has 12 heavy (non-hydrogen) atoms. The minimum Gasteiger partial charge on any atom is -0.480 e. The van der Waals surface area contributed by atoms with Gasteiger partial charge in [0.25, 0.3) is 0 Å². The van der Waals surface area contributed by atoms with Crippen molar-refractivity contribution in [3.8, 4) is 5.88 Å². The molecule has 2 heterocycles. The van der Waals surface area contributed by atoms with Crippen molar-refractivity contribution in [2.75, 3.05) is 19.0 Å². The molecule has 4 heteroatoms. The van der Waals surface area contributed by atoms with E-state index in [0.29, 0.717) is 5.88 Å². The number of rotatable bonds is 1. The first kappa shape index (κ1) is 7.86. The van der Waals surface area contributed by atoms with Crippen LogP contribution in [0, 0.1) is 0 Å². The van der Waals surface area contributed by atoms with Crippen LogP contribution >= 0.6 is 15.9 Å². The Bertz CT molecular complexity index is 313. The molecule has 0 fully saturated rings. The van der Waals surface area contributed by atoms with Gasteiger partial charge < -0.3 is 10.1 Å². The van der Waals surface area contributed by atoms with Gasteiger partial charge in [-0.05, 0) is 22.0 Å². The summed E-state index contributed by atoms with van der Waals surface area (Å²) in [7, 11) is 1.63. The molecule has 0 amide bonds. The molecular weight excluding hydrogens is 220 g/mol. The minimum atomic E-state index is 0.664. The maximum absolute atomic E-state index is 5.08. The topological polar surface area (TPSA) is 34.1 Å². The molecule has 0 aromatic carbocycles. The van der Waals surface area contributed by atoms with Crippen molar-refractivity contribution in [1.82, 2.24) is 4.98 Å². The lowest BCUT2D eigenvalue weighted by atomic mass is 10.3. The van der Waals surface area contributed by atoms with Gasteiger partial charge in [0.15, 0.2) is 0 Å². The molecule has 3 nitrogen and oxygen atoms in total. The lowest BCUT2D eigenvalue weighted by Gasteiger charge is -2.04. The summed E-state index contributed by atoms with van der Waals surface area (Å²) in [5.41, 5.74) is 2.21. The van der Waals surface area contributed by atoms with Crippen LogP contribution in [0.5, 0.6) is 5.88 Å². The number of nitrogens with one attached hydrogen (secondary N) is 1. The minimum absolute atomic E-state index is 0.664. The van der Waals surface area contributed by atoms with Crippen molar-refractivity contribution in [3.63, 3.8) is 0 Å². The molecule has 1 aromatic heterocycles. The van der Waals surface area contributed by atoms with Crippen molar-refractivity contribution < 1.29 is 4.74 Å². The van der Waals surface area contributed by atoms with Crippen LogP contribution in [-0.4, -0.2) is 18.6 Å². The lowest BCUT2D eigenvalue weighted by molar-refractivity contribution is 0.394. The molecule has 64 valence electrons. The van der Waals surface area contributed by atoms with Gasteiger partial charge in [0, 0.05) is 13.0 Å². The smallest absolute Gasteiger partial charge is 0.228 e. The molecule has 1 aromatic rings. The fourth-order valence-corrected chi connectivity index (χ4v) is 1.79. The van der Waals surface area contributed by atoms with E-state index in [1.807, 2.05) is 6.07 Å². The average Bonchev–Trinajstić information content (AvgIpc) is 2.49. The molecule has 0 unspecified atom stereocenters. The maximum Gasteiger partial charge on any atom is 0.228 e. The Morgan fingerprint density at radius 2 is 2.50 bits per heavy atom. The number of hydrogen-bond donors (Lipinski definition) is 1. The molecule has 2 rings (SSSR count). The van der Waals surface area contributed by atoms with E-state index in [1.165, 1.54) is 0 Å². The lowest BCUT2D eigenvalue weighted by Crippen LogP contribution is -1.92. The summed E-state index contributed by atoms with van der Waals surface area (Å²) < 4.78 is 5.99. The zero-order valence-electron chi connectivity index (χ0n) is 6.72. The molecule has 0 saturated heterocycles. The van der Waals surface area contributed by atoms with E-state index in [9.17, 15) is 0 Å². The van der Waals surface area contributed by atoms with Gasteiger partial charge in [-0.2, -0.15) is 0 Å². The number of methoxy groups -OCH3 is 1. The van der Waals surface area contributed by atoms with Crippen molar-refractivity contribution in [2.24, 2.45) is 0 Å². The number of pyridine rings is 1. The van der Waals surface area contributed by atoms with Crippen LogP contribution in [0.4, 0.5) is 5.69 Å². The summed E-state index contributed by atoms with van der Waals surface area (Å²) in [6.07, 6.45) is 0.985. The largest absolute Gasteiger partial charge is 0.480 e. The van der Waals surface area contributed by atoms with E-state index < -0.39 is 0 Å². The highest BCUT2D eigenvalue weighted by Crippen LogP contribution is 2.30. The van der Waals surface area contributed by atoms with Crippen LogP contribution in [0.15, 0.2) is 10.5 Å². The highest BCUT2D eigenvalue weighted by molar-refractivity contribution is 9.10. The summed E-state index contributed by atoms with van der Waals surface area (Å²) in [6, 6.07) is 2.01. The molecule has 0 spiro atoms. The zero-order valence-corrected chi connectivity index (χ0v) is 8.31. The number of hydrogen-bond acceptors (Lipinski definition) is 3. The monoisotopic (exact) mass is 228 g/mol. The van der Waals surface area contributed by atoms with Crippen molar-refractivity contribution >= 4 is 21.6 Å². The Balaban J connectivity index is 2.49. The van der Waals surface area contributed by atoms with E-state index in [-0.39, 0.29) is 0 Å². The second-order valence-corrected chi connectivity index (χ2v) is 3.50. The first-order valence-electron chi connectivity index (χ1n) is 3.78. The van der Waals surface area contributed by atoms with Crippen LogP contribution in [0.1, 0.15) is 5.69 Å². The molecule has 0 atom stereocenters. The number of fused-ring (bicyclic) bond motifs is 1. The van der Waals surface area contributed by atoms with Crippen molar-refractivity contribution in [3.05, 3.63) is 16.2 Å². The van der Waals surface area contributed by atoms with Crippen molar-refractivity contribution in [2.45, 2.75) is 6.42 Å². The molecular formula is C8H9BrN2O. The predicted molar refractivity (Wildman–Crippen MR) is 50.7 cm³/mol. The predicted octanol–water partition coefficient (Wildman–Crippen LogP) is 1.82. The maximum atomic E-state index is 5.08. The molecule has 1 aliphatic rings. The highest BCUT2D eigenvalue weighted by Gasteiger charge is 2.14. The SMILES string of the molecule is COc1nc2c(cc1Br)NCC2. The summed E-state index contributed by atoms with van der Waals surface area (Å²) >= 11 is 3.38. The van der Waals surface area contributed by atoms with E-state index in [1.54, 1.807) is 7.11 Å². The van der Waals surface area contributed by atoms with Gasteiger partial charge in [-0.1, -0.05) is 0 Å². The molecule has 0 radical (unpaired) electrons. The Kier molecular flexibility index (Phi) is 1.92. The Labute approximate surface area is 79.3 Å². The Morgan fingerprint density at radius 3 is 3.25 bits per heavy atom. The van der Waals surface area contributed by atoms with Gasteiger partial charge in [0.2, 0.25) is 5.88 Å². The van der Waals surface area contributed by atoms with Gasteiger partial charge in [-0.25, -0.2) is 4.98 Å². The highest BCUT2D eigenvalue weighted by atomic mass is 79.9. The number of anilines is 1. The van der Waals surface area contributed by atoms with Crippen LogP contribution in [0.2, 0.25) is 0 Å². The molecule has 0 saturated carbocycles. The summed E-state index contributed by atoms with van der Waals surface area (Å²) in [5, 5.41) is 3.24. The summed E-state index contributed by atoms with van der Waals surface area (Å²) in [6.45, 7) is 0.974. The third kappa shape index (κ3) is 1.16. The third-order valence-electron chi connectivity index (χ3n) is 1.89. The first-order valence-corrected chi connectivity index (χ1v) is 4.58. The van der Waals surface area contributed by atoms with Crippen LogP contribution in [0.3, 0.4) is 0 Å². The number of ether oxygens (including phenoxy) is 1. The third-order valence-corrected chi connectivity index (χ3v) is 2.46. The van der Waals surface area contributed by atoms with E-state index in [0.717, 1.165) is 28.8 Å². The Hall–Kier alpha value is -0.770. The van der Waals surface area contributed by atoms with E-state index >= 15 is 0 Å². The van der Waals surface area contributed by atoms with Gasteiger partial charge in [0.05, 0.1) is 23.0 Å². The first-order chi connectivity index (χ1) is 5.81. The van der Waals surface area contributed by atoms with E-state index in [2.05, 4.69) is 26.2 Å². The van der Waals surface area contributed by atoms with Crippen molar-refractivity contribution in [1.29, 1.82) is 0 Å². The van der Waals surface area contributed by atoms with Crippen LogP contribution < -0.4 is 10.1 Å². The van der Waals surface area contributed by atoms with Gasteiger partial charge in [-0.3, -0.25) is 0 Å². The molecule has 1 N–H and O–H groups in total. The average molecular weight is 229 g/mol. The van der Waals surface area contributed by atoms with Gasteiger partial charge in [0.1, 0.15) is 0 Å². The normalized spacial score (nSPS) is 13.8. The number of aromatic nitrogens is 1.